The second-order valence-electron chi connectivity index (χ2n) is 4.40. The molecule has 0 bridgehead atoms. The number of carbonyl (C=O) groups is 1. The number of halogens is 3. The summed E-state index contributed by atoms with van der Waals surface area (Å²) >= 11 is 17.9. The van der Waals surface area contributed by atoms with Gasteiger partial charge < -0.3 is 5.32 Å². The van der Waals surface area contributed by atoms with E-state index in [-0.39, 0.29) is 5.91 Å². The normalized spacial score (nSPS) is 10.9. The van der Waals surface area contributed by atoms with Crippen molar-refractivity contribution in [2.75, 3.05) is 5.32 Å². The van der Waals surface area contributed by atoms with Gasteiger partial charge in [-0.25, -0.2) is 0 Å². The minimum Gasteiger partial charge on any atom is -0.322 e. The van der Waals surface area contributed by atoms with Gasteiger partial charge in [-0.2, -0.15) is 0 Å². The Labute approximate surface area is 138 Å². The topological polar surface area (TPSA) is 29.1 Å². The summed E-state index contributed by atoms with van der Waals surface area (Å²) in [5.41, 5.74) is 2.23. The maximum atomic E-state index is 11.9. The van der Waals surface area contributed by atoms with E-state index in [9.17, 15) is 4.79 Å². The predicted molar refractivity (Wildman–Crippen MR) is 90.3 cm³/mol. The summed E-state index contributed by atoms with van der Waals surface area (Å²) in [7, 11) is 0. The van der Waals surface area contributed by atoms with E-state index in [1.165, 1.54) is 6.08 Å². The summed E-state index contributed by atoms with van der Waals surface area (Å²) in [6.45, 7) is 1.84. The molecular formula is C16H12Cl3NO. The van der Waals surface area contributed by atoms with E-state index in [0.717, 1.165) is 11.1 Å². The van der Waals surface area contributed by atoms with Gasteiger partial charge in [0.05, 0.1) is 0 Å². The molecule has 0 saturated heterocycles. The molecule has 1 N–H and O–H groups in total. The van der Waals surface area contributed by atoms with Crippen LogP contribution >= 0.6 is 34.8 Å². The van der Waals surface area contributed by atoms with Gasteiger partial charge in [-0.3, -0.25) is 4.79 Å². The summed E-state index contributed by atoms with van der Waals surface area (Å²) in [5.74, 6) is -0.258. The fourth-order valence-electron chi connectivity index (χ4n) is 1.72. The molecule has 0 unspecified atom stereocenters. The average molecular weight is 341 g/mol. The molecule has 1 amide bonds. The second-order valence-corrected chi connectivity index (χ2v) is 5.65. The number of amides is 1. The summed E-state index contributed by atoms with van der Waals surface area (Å²) in [6, 6.07) is 10.4. The zero-order chi connectivity index (χ0) is 15.4. The Morgan fingerprint density at radius 1 is 1.10 bits per heavy atom. The Morgan fingerprint density at radius 2 is 1.86 bits per heavy atom. The largest absolute Gasteiger partial charge is 0.322 e. The molecule has 0 atom stereocenters. The number of anilines is 1. The standard InChI is InChI=1S/C16H12Cl3NO/c1-10-13(18)3-2-4-15(10)20-16(21)8-6-11-5-7-12(17)9-14(11)19/h2-9H,1H3,(H,20,21). The van der Waals surface area contributed by atoms with E-state index in [2.05, 4.69) is 5.32 Å². The van der Waals surface area contributed by atoms with Crippen molar-refractivity contribution in [2.24, 2.45) is 0 Å². The van der Waals surface area contributed by atoms with Crippen molar-refractivity contribution >= 4 is 52.5 Å². The molecular weight excluding hydrogens is 329 g/mol. The zero-order valence-electron chi connectivity index (χ0n) is 11.2. The van der Waals surface area contributed by atoms with Crippen LogP contribution in [0.25, 0.3) is 6.08 Å². The van der Waals surface area contributed by atoms with Gasteiger partial charge in [0.2, 0.25) is 5.91 Å². The summed E-state index contributed by atoms with van der Waals surface area (Å²) in [5, 5.41) is 4.42. The van der Waals surface area contributed by atoms with Crippen molar-refractivity contribution in [2.45, 2.75) is 6.92 Å². The Balaban J connectivity index is 2.11. The van der Waals surface area contributed by atoms with Gasteiger partial charge in [0.15, 0.2) is 0 Å². The van der Waals surface area contributed by atoms with E-state index < -0.39 is 0 Å². The van der Waals surface area contributed by atoms with Crippen LogP contribution in [-0.2, 0) is 4.79 Å². The van der Waals surface area contributed by atoms with Gasteiger partial charge in [-0.15, -0.1) is 0 Å². The average Bonchev–Trinajstić information content (AvgIpc) is 2.43. The van der Waals surface area contributed by atoms with Crippen LogP contribution in [0.1, 0.15) is 11.1 Å². The van der Waals surface area contributed by atoms with Crippen LogP contribution in [0.5, 0.6) is 0 Å². The third-order valence-corrected chi connectivity index (χ3v) is 3.87. The van der Waals surface area contributed by atoms with Crippen molar-refractivity contribution in [1.29, 1.82) is 0 Å². The van der Waals surface area contributed by atoms with Crippen LogP contribution in [0.15, 0.2) is 42.5 Å². The smallest absolute Gasteiger partial charge is 0.248 e. The number of rotatable bonds is 3. The van der Waals surface area contributed by atoms with Crippen molar-refractivity contribution in [3.05, 3.63) is 68.7 Å². The van der Waals surface area contributed by atoms with Gasteiger partial charge in [0, 0.05) is 26.8 Å². The van der Waals surface area contributed by atoms with Crippen LogP contribution in [-0.4, -0.2) is 5.91 Å². The Kier molecular flexibility index (Phi) is 5.29. The molecule has 0 saturated carbocycles. The minimum absolute atomic E-state index is 0.258. The lowest BCUT2D eigenvalue weighted by Gasteiger charge is -2.07. The Hall–Kier alpha value is -1.48. The van der Waals surface area contributed by atoms with Gasteiger partial charge in [0.25, 0.3) is 0 Å². The maximum Gasteiger partial charge on any atom is 0.248 e. The fraction of sp³-hybridized carbons (Fsp3) is 0.0625. The van der Waals surface area contributed by atoms with Gasteiger partial charge in [-0.05, 0) is 48.4 Å². The molecule has 21 heavy (non-hydrogen) atoms. The molecule has 2 aromatic carbocycles. The third kappa shape index (κ3) is 4.24. The summed E-state index contributed by atoms with van der Waals surface area (Å²) in [6.07, 6.45) is 3.04. The van der Waals surface area contributed by atoms with E-state index in [0.29, 0.717) is 20.8 Å². The highest BCUT2D eigenvalue weighted by Crippen LogP contribution is 2.24. The lowest BCUT2D eigenvalue weighted by atomic mass is 10.2. The number of carbonyl (C=O) groups excluding carboxylic acids is 1. The highest BCUT2D eigenvalue weighted by molar-refractivity contribution is 6.35. The second kappa shape index (κ2) is 6.99. The molecule has 0 fully saturated rings. The molecule has 0 radical (unpaired) electrons. The molecule has 2 rings (SSSR count). The third-order valence-electron chi connectivity index (χ3n) is 2.90. The van der Waals surface area contributed by atoms with Crippen LogP contribution in [0.4, 0.5) is 5.69 Å². The summed E-state index contributed by atoms with van der Waals surface area (Å²) < 4.78 is 0. The monoisotopic (exact) mass is 339 g/mol. The molecule has 108 valence electrons. The molecule has 2 nitrogen and oxygen atoms in total. The summed E-state index contributed by atoms with van der Waals surface area (Å²) in [4.78, 5) is 11.9. The molecule has 0 aliphatic heterocycles. The molecule has 0 aliphatic carbocycles. The van der Waals surface area contributed by atoms with E-state index in [4.69, 9.17) is 34.8 Å². The molecule has 5 heteroatoms. The van der Waals surface area contributed by atoms with Gasteiger partial charge in [0.1, 0.15) is 0 Å². The maximum absolute atomic E-state index is 11.9. The van der Waals surface area contributed by atoms with E-state index >= 15 is 0 Å². The zero-order valence-corrected chi connectivity index (χ0v) is 13.4. The van der Waals surface area contributed by atoms with Gasteiger partial charge in [-0.1, -0.05) is 46.9 Å². The molecule has 0 aromatic heterocycles. The molecule has 2 aromatic rings. The SMILES string of the molecule is Cc1c(Cl)cccc1NC(=O)C=Cc1ccc(Cl)cc1Cl. The number of nitrogens with one attached hydrogen (secondary N) is 1. The van der Waals surface area contributed by atoms with Crippen molar-refractivity contribution in [1.82, 2.24) is 0 Å². The Bertz CT molecular complexity index is 711. The van der Waals surface area contributed by atoms with Crippen LogP contribution in [0.2, 0.25) is 15.1 Å². The molecule has 0 spiro atoms. The van der Waals surface area contributed by atoms with Crippen molar-refractivity contribution in [3.63, 3.8) is 0 Å². The molecule has 0 heterocycles. The molecule has 0 aliphatic rings. The first-order valence-corrected chi connectivity index (χ1v) is 7.30. The first-order chi connectivity index (χ1) is 9.97. The number of benzene rings is 2. The van der Waals surface area contributed by atoms with Crippen molar-refractivity contribution in [3.8, 4) is 0 Å². The van der Waals surface area contributed by atoms with E-state index in [1.54, 1.807) is 42.5 Å². The van der Waals surface area contributed by atoms with Crippen LogP contribution in [0, 0.1) is 6.92 Å². The highest BCUT2D eigenvalue weighted by atomic mass is 35.5. The predicted octanol–water partition coefficient (Wildman–Crippen LogP) is 5.61. The number of hydrogen-bond donors (Lipinski definition) is 1. The lowest BCUT2D eigenvalue weighted by molar-refractivity contribution is -0.111. The first-order valence-electron chi connectivity index (χ1n) is 6.16. The minimum atomic E-state index is -0.258. The highest BCUT2D eigenvalue weighted by Gasteiger charge is 2.04. The quantitative estimate of drug-likeness (QED) is 0.723. The number of hydrogen-bond acceptors (Lipinski definition) is 1. The lowest BCUT2D eigenvalue weighted by Crippen LogP contribution is -2.08. The van der Waals surface area contributed by atoms with E-state index in [1.807, 2.05) is 6.92 Å². The fourth-order valence-corrected chi connectivity index (χ4v) is 2.37. The van der Waals surface area contributed by atoms with Crippen molar-refractivity contribution < 1.29 is 4.79 Å². The Morgan fingerprint density at radius 3 is 2.57 bits per heavy atom. The van der Waals surface area contributed by atoms with Crippen LogP contribution in [0.3, 0.4) is 0 Å². The first kappa shape index (κ1) is 15.9. The van der Waals surface area contributed by atoms with Gasteiger partial charge >= 0.3 is 0 Å². The van der Waals surface area contributed by atoms with Crippen LogP contribution < -0.4 is 5.32 Å².